The zero-order chi connectivity index (χ0) is 8.15. The van der Waals surface area contributed by atoms with E-state index in [0.717, 1.165) is 6.29 Å². The second-order valence-electron chi connectivity index (χ2n) is 2.53. The molecular formula is C7H14N2O. The second kappa shape index (κ2) is 3.93. The first kappa shape index (κ1) is 9.01. The molecule has 0 N–H and O–H groups in total. The summed E-state index contributed by atoms with van der Waals surface area (Å²) in [6.45, 7) is 0. The quantitative estimate of drug-likeness (QED) is 0.414. The fraction of sp³-hybridized carbons (Fsp3) is 0.571. The van der Waals surface area contributed by atoms with Crippen LogP contribution in [0.2, 0.25) is 0 Å². The smallest absolute Gasteiger partial charge is 0.167 e. The highest BCUT2D eigenvalue weighted by molar-refractivity contribution is 5.71. The number of nitrogens with zero attached hydrogens (tertiary/aromatic N) is 2. The van der Waals surface area contributed by atoms with Crippen molar-refractivity contribution in [3.63, 3.8) is 0 Å². The van der Waals surface area contributed by atoms with Crippen LogP contribution in [0, 0.1) is 0 Å². The lowest BCUT2D eigenvalue weighted by atomic mass is 10.4. The molecule has 0 amide bonds. The maximum absolute atomic E-state index is 10.3. The van der Waals surface area contributed by atoms with Gasteiger partial charge < -0.3 is 9.80 Å². The van der Waals surface area contributed by atoms with Crippen molar-refractivity contribution in [2.75, 3.05) is 28.2 Å². The summed E-state index contributed by atoms with van der Waals surface area (Å²) in [4.78, 5) is 14.0. The van der Waals surface area contributed by atoms with Gasteiger partial charge in [0.1, 0.15) is 0 Å². The van der Waals surface area contributed by atoms with Crippen LogP contribution in [0.1, 0.15) is 0 Å². The minimum Gasteiger partial charge on any atom is -0.382 e. The highest BCUT2D eigenvalue weighted by Crippen LogP contribution is 1.93. The van der Waals surface area contributed by atoms with Crippen molar-refractivity contribution in [2.45, 2.75) is 0 Å². The van der Waals surface area contributed by atoms with Crippen molar-refractivity contribution in [3.8, 4) is 0 Å². The van der Waals surface area contributed by atoms with Crippen LogP contribution in [0.15, 0.2) is 11.9 Å². The van der Waals surface area contributed by atoms with E-state index in [1.54, 1.807) is 11.1 Å². The molecule has 0 rings (SSSR count). The summed E-state index contributed by atoms with van der Waals surface area (Å²) in [7, 11) is 7.44. The Labute approximate surface area is 61.9 Å². The molecule has 0 heterocycles. The molecule has 0 fully saturated rings. The van der Waals surface area contributed by atoms with Crippen molar-refractivity contribution >= 4 is 6.29 Å². The molecule has 0 unspecified atom stereocenters. The predicted octanol–water partition coefficient (Wildman–Crippen LogP) is 0.150. The van der Waals surface area contributed by atoms with Crippen LogP contribution >= 0.6 is 0 Å². The van der Waals surface area contributed by atoms with Gasteiger partial charge in [0, 0.05) is 34.4 Å². The van der Waals surface area contributed by atoms with E-state index in [2.05, 4.69) is 0 Å². The molecule has 0 aromatic rings. The molecule has 0 aliphatic carbocycles. The van der Waals surface area contributed by atoms with Gasteiger partial charge in [-0.25, -0.2) is 0 Å². The van der Waals surface area contributed by atoms with Crippen molar-refractivity contribution in [1.29, 1.82) is 0 Å². The Hall–Kier alpha value is -0.990. The molecule has 0 bridgehead atoms. The van der Waals surface area contributed by atoms with Crippen LogP contribution < -0.4 is 0 Å². The summed E-state index contributed by atoms with van der Waals surface area (Å²) < 4.78 is 0. The number of aldehydes is 1. The molecule has 0 aliphatic rings. The normalized spacial score (nSPS) is 11.0. The minimum atomic E-state index is 0.671. The van der Waals surface area contributed by atoms with Gasteiger partial charge in [0.15, 0.2) is 6.29 Å². The first-order chi connectivity index (χ1) is 4.57. The van der Waals surface area contributed by atoms with Gasteiger partial charge in [-0.2, -0.15) is 0 Å². The van der Waals surface area contributed by atoms with Crippen LogP contribution in [-0.4, -0.2) is 44.3 Å². The molecule has 0 spiro atoms. The summed E-state index contributed by atoms with van der Waals surface area (Å²) in [5.41, 5.74) is 0.671. The maximum atomic E-state index is 10.3. The van der Waals surface area contributed by atoms with Gasteiger partial charge in [-0.1, -0.05) is 0 Å². The molecule has 3 heteroatoms. The molecule has 0 aliphatic heterocycles. The maximum Gasteiger partial charge on any atom is 0.167 e. The van der Waals surface area contributed by atoms with Crippen molar-refractivity contribution in [2.24, 2.45) is 0 Å². The number of carbonyl (C=O) groups is 1. The van der Waals surface area contributed by atoms with Crippen LogP contribution in [0.3, 0.4) is 0 Å². The molecule has 0 saturated carbocycles. The Bertz CT molecular complexity index is 139. The number of carbonyl (C=O) groups excluding carboxylic acids is 1. The molecule has 3 nitrogen and oxygen atoms in total. The Balaban J connectivity index is 4.18. The third kappa shape index (κ3) is 3.12. The zero-order valence-corrected chi connectivity index (χ0v) is 6.96. The number of hydrogen-bond donors (Lipinski definition) is 0. The van der Waals surface area contributed by atoms with Crippen molar-refractivity contribution < 1.29 is 4.79 Å². The molecule has 0 aromatic carbocycles. The average Bonchev–Trinajstić information content (AvgIpc) is 1.81. The fourth-order valence-corrected chi connectivity index (χ4v) is 0.516. The van der Waals surface area contributed by atoms with Crippen molar-refractivity contribution in [1.82, 2.24) is 9.80 Å². The van der Waals surface area contributed by atoms with E-state index in [4.69, 9.17) is 0 Å². The lowest BCUT2D eigenvalue weighted by Gasteiger charge is -2.14. The van der Waals surface area contributed by atoms with E-state index in [-0.39, 0.29) is 0 Å². The largest absolute Gasteiger partial charge is 0.382 e. The average molecular weight is 142 g/mol. The van der Waals surface area contributed by atoms with Gasteiger partial charge in [0.05, 0.1) is 5.70 Å². The Morgan fingerprint density at radius 2 is 1.70 bits per heavy atom. The molecule has 58 valence electrons. The fourth-order valence-electron chi connectivity index (χ4n) is 0.516. The number of rotatable bonds is 3. The molecule has 0 aromatic heterocycles. The van der Waals surface area contributed by atoms with Gasteiger partial charge >= 0.3 is 0 Å². The Morgan fingerprint density at radius 3 is 1.80 bits per heavy atom. The van der Waals surface area contributed by atoms with Gasteiger partial charge in [-0.15, -0.1) is 0 Å². The van der Waals surface area contributed by atoms with Gasteiger partial charge in [0.2, 0.25) is 0 Å². The van der Waals surface area contributed by atoms with Crippen molar-refractivity contribution in [3.05, 3.63) is 11.9 Å². The minimum absolute atomic E-state index is 0.671. The highest BCUT2D eigenvalue weighted by atomic mass is 16.1. The first-order valence-corrected chi connectivity index (χ1v) is 3.08. The van der Waals surface area contributed by atoms with Crippen LogP contribution in [0.5, 0.6) is 0 Å². The lowest BCUT2D eigenvalue weighted by molar-refractivity contribution is -0.106. The van der Waals surface area contributed by atoms with E-state index >= 15 is 0 Å². The van der Waals surface area contributed by atoms with Crippen LogP contribution in [0.25, 0.3) is 0 Å². The zero-order valence-electron chi connectivity index (χ0n) is 6.96. The number of likely N-dealkylation sites (N-methyl/N-ethyl adjacent to an activating group) is 1. The monoisotopic (exact) mass is 142 g/mol. The summed E-state index contributed by atoms with van der Waals surface area (Å²) in [6, 6.07) is 0. The van der Waals surface area contributed by atoms with Crippen LogP contribution in [-0.2, 0) is 4.79 Å². The second-order valence-corrected chi connectivity index (χ2v) is 2.53. The summed E-state index contributed by atoms with van der Waals surface area (Å²) >= 11 is 0. The summed E-state index contributed by atoms with van der Waals surface area (Å²) in [5, 5.41) is 0. The molecule has 0 radical (unpaired) electrons. The molecule has 0 atom stereocenters. The van der Waals surface area contributed by atoms with E-state index in [1.165, 1.54) is 0 Å². The third-order valence-electron chi connectivity index (χ3n) is 1.03. The van der Waals surface area contributed by atoms with E-state index < -0.39 is 0 Å². The molecular weight excluding hydrogens is 128 g/mol. The molecule has 0 saturated heterocycles. The Kier molecular flexibility index (Phi) is 3.54. The molecule has 10 heavy (non-hydrogen) atoms. The number of hydrogen-bond acceptors (Lipinski definition) is 3. The summed E-state index contributed by atoms with van der Waals surface area (Å²) in [6.07, 6.45) is 2.60. The van der Waals surface area contributed by atoms with E-state index in [0.29, 0.717) is 5.70 Å². The SMILES string of the molecule is CN(C)C=C(C=O)N(C)C. The van der Waals surface area contributed by atoms with Gasteiger partial charge in [0.25, 0.3) is 0 Å². The highest BCUT2D eigenvalue weighted by Gasteiger charge is 1.95. The lowest BCUT2D eigenvalue weighted by Crippen LogP contribution is -2.15. The van der Waals surface area contributed by atoms with Gasteiger partial charge in [-0.05, 0) is 0 Å². The van der Waals surface area contributed by atoms with Crippen LogP contribution in [0.4, 0.5) is 0 Å². The Morgan fingerprint density at radius 1 is 1.20 bits per heavy atom. The topological polar surface area (TPSA) is 23.6 Å². The van der Waals surface area contributed by atoms with E-state index in [1.807, 2.05) is 33.1 Å². The predicted molar refractivity (Wildman–Crippen MR) is 41.5 cm³/mol. The summed E-state index contributed by atoms with van der Waals surface area (Å²) in [5.74, 6) is 0. The third-order valence-corrected chi connectivity index (χ3v) is 1.03. The number of allylic oxidation sites excluding steroid dienone is 1. The first-order valence-electron chi connectivity index (χ1n) is 3.08. The standard InChI is InChI=1S/C7H14N2O/c1-8(2)5-7(6-10)9(3)4/h5-6H,1-4H3. The van der Waals surface area contributed by atoms with E-state index in [9.17, 15) is 4.79 Å². The van der Waals surface area contributed by atoms with Gasteiger partial charge in [-0.3, -0.25) is 4.79 Å².